The highest BCUT2D eigenvalue weighted by molar-refractivity contribution is 5.79. The number of primary amides is 2. The number of carbonyl (C=O) groups excluding carboxylic acids is 4. The Balaban J connectivity index is 0. The molecule has 0 unspecified atom stereocenters. The fourth-order valence-electron chi connectivity index (χ4n) is 1.36. The highest BCUT2D eigenvalue weighted by atomic mass is 16.7. The largest absolute Gasteiger partial charge is 0.480 e. The zero-order chi connectivity index (χ0) is 22.1. The van der Waals surface area contributed by atoms with Crippen molar-refractivity contribution >= 4 is 30.0 Å². The van der Waals surface area contributed by atoms with E-state index in [0.29, 0.717) is 13.0 Å². The van der Waals surface area contributed by atoms with Crippen LogP contribution in [0.25, 0.3) is 0 Å². The number of urea groups is 2. The molecule has 0 radical (unpaired) electrons. The van der Waals surface area contributed by atoms with E-state index in [2.05, 4.69) is 21.1 Å². The number of aliphatic carboxylic acids is 1. The van der Waals surface area contributed by atoms with Crippen molar-refractivity contribution in [2.45, 2.75) is 44.2 Å². The van der Waals surface area contributed by atoms with Gasteiger partial charge in [0.05, 0.1) is 6.42 Å². The first-order valence-corrected chi connectivity index (χ1v) is 7.96. The predicted octanol–water partition coefficient (Wildman–Crippen LogP) is -3.13. The molecule has 0 aromatic carbocycles. The van der Waals surface area contributed by atoms with E-state index in [1.807, 2.05) is 0 Å². The number of unbranched alkanes of at least 4 members (excludes halogenated alkanes) is 1. The zero-order valence-electron chi connectivity index (χ0n) is 15.1. The first-order valence-electron chi connectivity index (χ1n) is 7.96. The third kappa shape index (κ3) is 17.6. The van der Waals surface area contributed by atoms with Crippen molar-refractivity contribution in [2.75, 3.05) is 6.54 Å². The second-order valence-corrected chi connectivity index (χ2v) is 5.20. The summed E-state index contributed by atoms with van der Waals surface area (Å²) >= 11 is 0. The van der Waals surface area contributed by atoms with Crippen LogP contribution >= 0.6 is 0 Å². The quantitative estimate of drug-likeness (QED) is 0.139. The first kappa shape index (κ1) is 27.1. The zero-order valence-corrected chi connectivity index (χ0v) is 15.1. The molecule has 4 amide bonds. The lowest BCUT2D eigenvalue weighted by molar-refractivity contribution is -0.152. The first-order chi connectivity index (χ1) is 13.0. The molecule has 0 aliphatic rings. The van der Waals surface area contributed by atoms with Crippen molar-refractivity contribution in [1.82, 2.24) is 11.0 Å². The lowest BCUT2D eigenvalue weighted by Crippen LogP contribution is -2.40. The van der Waals surface area contributed by atoms with Gasteiger partial charge in [0.25, 0.3) is 0 Å². The van der Waals surface area contributed by atoms with Crippen LogP contribution in [0.15, 0.2) is 0 Å². The average molecular weight is 409 g/mol. The number of carbonyl (C=O) groups is 5. The molecule has 15 heteroatoms. The summed E-state index contributed by atoms with van der Waals surface area (Å²) in [6, 6.07) is -4.00. The fraction of sp³-hybridized carbons (Fsp3) is 0.615. The molecule has 0 saturated heterocycles. The number of hydrogen-bond donors (Lipinski definition) is 8. The van der Waals surface area contributed by atoms with E-state index in [-0.39, 0.29) is 12.8 Å². The maximum absolute atomic E-state index is 11.1. The lowest BCUT2D eigenvalue weighted by Gasteiger charge is -2.09. The molecule has 0 aliphatic heterocycles. The van der Waals surface area contributed by atoms with Crippen molar-refractivity contribution in [3.63, 3.8) is 0 Å². The number of hydroxylamine groups is 2. The summed E-state index contributed by atoms with van der Waals surface area (Å²) in [6.45, 7) is 0.604. The Morgan fingerprint density at radius 1 is 0.857 bits per heavy atom. The SMILES string of the molecule is NC(=O)NOC(=O)CC[C@H](N)C(=O)ONC(N)=O.NCCCC[C@H](N)C(=O)O. The summed E-state index contributed by atoms with van der Waals surface area (Å²) in [5.41, 5.74) is 28.2. The summed E-state index contributed by atoms with van der Waals surface area (Å²) < 4.78 is 0. The van der Waals surface area contributed by atoms with E-state index in [0.717, 1.165) is 12.8 Å². The third-order valence-electron chi connectivity index (χ3n) is 2.77. The van der Waals surface area contributed by atoms with Crippen LogP contribution in [-0.2, 0) is 24.1 Å². The maximum atomic E-state index is 11.1. The summed E-state index contributed by atoms with van der Waals surface area (Å²) in [4.78, 5) is 60.9. The molecule has 0 spiro atoms. The van der Waals surface area contributed by atoms with Crippen LogP contribution in [0, 0.1) is 0 Å². The average Bonchev–Trinajstić information content (AvgIpc) is 2.62. The Kier molecular flexibility index (Phi) is 15.5. The number of carboxylic acid groups (broad SMARTS) is 1. The Morgan fingerprint density at radius 2 is 1.39 bits per heavy atom. The molecule has 0 bridgehead atoms. The van der Waals surface area contributed by atoms with Crippen LogP contribution in [0.4, 0.5) is 9.59 Å². The van der Waals surface area contributed by atoms with Crippen LogP contribution in [0.5, 0.6) is 0 Å². The van der Waals surface area contributed by atoms with Crippen LogP contribution in [0.3, 0.4) is 0 Å². The molecule has 0 heterocycles. The van der Waals surface area contributed by atoms with E-state index in [9.17, 15) is 24.0 Å². The topological polar surface area (TPSA) is 278 Å². The van der Waals surface area contributed by atoms with Gasteiger partial charge in [-0.1, -0.05) is 6.42 Å². The molecule has 0 rings (SSSR count). The van der Waals surface area contributed by atoms with Gasteiger partial charge in [0.1, 0.15) is 12.1 Å². The Bertz CT molecular complexity index is 531. The predicted molar refractivity (Wildman–Crippen MR) is 93.3 cm³/mol. The fourth-order valence-corrected chi connectivity index (χ4v) is 1.36. The van der Waals surface area contributed by atoms with E-state index in [1.165, 1.54) is 0 Å². The number of carboxylic acids is 1. The van der Waals surface area contributed by atoms with Gasteiger partial charge >= 0.3 is 30.0 Å². The van der Waals surface area contributed by atoms with E-state index in [1.54, 1.807) is 11.0 Å². The normalized spacial score (nSPS) is 11.7. The van der Waals surface area contributed by atoms with E-state index >= 15 is 0 Å². The van der Waals surface area contributed by atoms with Crippen LogP contribution in [0.2, 0.25) is 0 Å². The molecule has 0 saturated carbocycles. The smallest absolute Gasteiger partial charge is 0.348 e. The molecule has 15 nitrogen and oxygen atoms in total. The third-order valence-corrected chi connectivity index (χ3v) is 2.77. The van der Waals surface area contributed by atoms with Gasteiger partial charge in [-0.3, -0.25) is 4.79 Å². The summed E-state index contributed by atoms with van der Waals surface area (Å²) in [5.74, 6) is -2.76. The van der Waals surface area contributed by atoms with Gasteiger partial charge in [0.2, 0.25) is 0 Å². The molecule has 28 heavy (non-hydrogen) atoms. The minimum atomic E-state index is -1.17. The van der Waals surface area contributed by atoms with Gasteiger partial charge in [-0.25, -0.2) is 19.2 Å². The van der Waals surface area contributed by atoms with Gasteiger partial charge in [-0.2, -0.15) is 11.0 Å². The van der Waals surface area contributed by atoms with Crippen molar-refractivity contribution < 1.29 is 38.8 Å². The highest BCUT2D eigenvalue weighted by Crippen LogP contribution is 1.98. The van der Waals surface area contributed by atoms with Crippen molar-refractivity contribution in [3.8, 4) is 0 Å². The second kappa shape index (κ2) is 16.0. The molecule has 0 fully saturated rings. The minimum absolute atomic E-state index is 0.126. The number of rotatable bonds is 9. The monoisotopic (exact) mass is 409 g/mol. The number of nitrogens with two attached hydrogens (primary N) is 5. The molecule has 2 atom stereocenters. The molecule has 0 aromatic heterocycles. The standard InChI is InChI=1S/C7H13N5O6.C6H14N2O2/c8-3(5(14)18-12-7(10)16)1-2-4(13)17-11-6(9)15;7-4-2-1-3-5(8)6(9)10/h3H,1-2,8H2,(H3,9,11,15)(H3,10,12,16);5H,1-4,7-8H2,(H,9,10)/t3-;5-/m00/s1. The van der Waals surface area contributed by atoms with Gasteiger partial charge in [-0.15, -0.1) is 0 Å². The van der Waals surface area contributed by atoms with Gasteiger partial charge in [0, 0.05) is 0 Å². The van der Waals surface area contributed by atoms with Gasteiger partial charge in [-0.05, 0) is 25.8 Å². The highest BCUT2D eigenvalue weighted by Gasteiger charge is 2.18. The summed E-state index contributed by atoms with van der Waals surface area (Å²) in [7, 11) is 0. The number of nitrogens with one attached hydrogen (secondary N) is 2. The van der Waals surface area contributed by atoms with Crippen molar-refractivity contribution in [2.24, 2.45) is 28.7 Å². The molecular weight excluding hydrogens is 382 g/mol. The second-order valence-electron chi connectivity index (χ2n) is 5.20. The van der Waals surface area contributed by atoms with E-state index in [4.69, 9.17) is 22.3 Å². The van der Waals surface area contributed by atoms with Gasteiger partial charge in [0.15, 0.2) is 0 Å². The lowest BCUT2D eigenvalue weighted by atomic mass is 10.1. The summed E-state index contributed by atoms with van der Waals surface area (Å²) in [6.07, 6.45) is 1.77. The van der Waals surface area contributed by atoms with Crippen molar-refractivity contribution in [3.05, 3.63) is 0 Å². The van der Waals surface area contributed by atoms with Crippen LogP contribution in [-0.4, -0.2) is 53.7 Å². The number of hydrogen-bond acceptors (Lipinski definition) is 10. The Labute approximate surface area is 160 Å². The molecule has 0 aromatic rings. The molecule has 162 valence electrons. The molecular formula is C13H27N7O8. The maximum Gasteiger partial charge on any atom is 0.348 e. The summed E-state index contributed by atoms with van der Waals surface area (Å²) in [5, 5.41) is 8.33. The number of amides is 4. The Hall–Kier alpha value is -3.17. The van der Waals surface area contributed by atoms with Crippen LogP contribution < -0.4 is 39.6 Å². The molecule has 13 N–H and O–H groups in total. The minimum Gasteiger partial charge on any atom is -0.480 e. The van der Waals surface area contributed by atoms with E-state index < -0.39 is 42.1 Å². The van der Waals surface area contributed by atoms with Crippen molar-refractivity contribution in [1.29, 1.82) is 0 Å². The molecule has 0 aliphatic carbocycles. The Morgan fingerprint density at radius 3 is 1.86 bits per heavy atom. The van der Waals surface area contributed by atoms with Crippen LogP contribution in [0.1, 0.15) is 32.1 Å². The van der Waals surface area contributed by atoms with Gasteiger partial charge < -0.3 is 43.5 Å².